The molecule has 1 rings (SSSR count). The molecular formula is C13H15IN2O4. The molecule has 7 heteroatoms. The summed E-state index contributed by atoms with van der Waals surface area (Å²) in [6, 6.07) is 7.05. The molecule has 0 unspecified atom stereocenters. The number of carbonyl (C=O) groups excluding carboxylic acids is 3. The normalized spacial score (nSPS) is 9.70. The highest BCUT2D eigenvalue weighted by atomic mass is 127. The van der Waals surface area contributed by atoms with Crippen molar-refractivity contribution in [3.05, 3.63) is 33.4 Å². The van der Waals surface area contributed by atoms with E-state index in [1.165, 1.54) is 0 Å². The molecule has 0 aromatic heterocycles. The summed E-state index contributed by atoms with van der Waals surface area (Å²) >= 11 is 2.04. The maximum absolute atomic E-state index is 11.8. The monoisotopic (exact) mass is 390 g/mol. The summed E-state index contributed by atoms with van der Waals surface area (Å²) in [6.45, 7) is 1.55. The summed E-state index contributed by atoms with van der Waals surface area (Å²) in [4.78, 5) is 34.3. The first-order valence-electron chi connectivity index (χ1n) is 5.99. The van der Waals surface area contributed by atoms with E-state index in [9.17, 15) is 14.4 Å². The minimum Gasteiger partial charge on any atom is -0.465 e. The second-order valence-electron chi connectivity index (χ2n) is 3.74. The molecule has 0 saturated heterocycles. The molecule has 0 saturated carbocycles. The first-order chi connectivity index (χ1) is 9.54. The number of halogens is 1. The zero-order valence-electron chi connectivity index (χ0n) is 10.9. The van der Waals surface area contributed by atoms with Crippen LogP contribution in [0.1, 0.15) is 17.3 Å². The molecule has 0 radical (unpaired) electrons. The van der Waals surface area contributed by atoms with Gasteiger partial charge in [0.1, 0.15) is 6.54 Å². The van der Waals surface area contributed by atoms with Crippen LogP contribution in [-0.2, 0) is 14.3 Å². The number of nitrogens with one attached hydrogen (secondary N) is 2. The first-order valence-corrected chi connectivity index (χ1v) is 7.07. The van der Waals surface area contributed by atoms with E-state index < -0.39 is 11.9 Å². The lowest BCUT2D eigenvalue weighted by atomic mass is 10.2. The Hall–Kier alpha value is -1.64. The summed E-state index contributed by atoms with van der Waals surface area (Å²) in [7, 11) is 0. The molecule has 0 atom stereocenters. The van der Waals surface area contributed by atoms with Crippen LogP contribution in [0.3, 0.4) is 0 Å². The average molecular weight is 390 g/mol. The van der Waals surface area contributed by atoms with E-state index in [0.717, 1.165) is 3.57 Å². The molecule has 1 aromatic rings. The minimum atomic E-state index is -0.509. The number of rotatable bonds is 6. The van der Waals surface area contributed by atoms with E-state index in [0.29, 0.717) is 5.56 Å². The summed E-state index contributed by atoms with van der Waals surface area (Å²) < 4.78 is 5.46. The van der Waals surface area contributed by atoms with E-state index in [1.807, 2.05) is 28.7 Å². The number of benzene rings is 1. The molecule has 0 aliphatic carbocycles. The first kappa shape index (κ1) is 16.4. The number of ether oxygens (including phenoxy) is 1. The van der Waals surface area contributed by atoms with Gasteiger partial charge in [0.25, 0.3) is 5.91 Å². The largest absolute Gasteiger partial charge is 0.465 e. The molecule has 2 amide bonds. The van der Waals surface area contributed by atoms with E-state index in [2.05, 4.69) is 15.4 Å². The molecule has 6 nitrogen and oxygen atoms in total. The van der Waals surface area contributed by atoms with Gasteiger partial charge in [0.15, 0.2) is 0 Å². The van der Waals surface area contributed by atoms with Crippen LogP contribution in [0, 0.1) is 3.57 Å². The lowest BCUT2D eigenvalue weighted by Gasteiger charge is -2.07. The van der Waals surface area contributed by atoms with Crippen LogP contribution in [0.15, 0.2) is 24.3 Å². The highest BCUT2D eigenvalue weighted by Crippen LogP contribution is 2.10. The SMILES string of the molecule is CCOC(=O)CNC(=O)CNC(=O)c1ccccc1I. The van der Waals surface area contributed by atoms with Gasteiger partial charge in [-0.15, -0.1) is 0 Å². The summed E-state index contributed by atoms with van der Waals surface area (Å²) in [5.74, 6) is -1.29. The molecule has 108 valence electrons. The molecule has 0 bridgehead atoms. The van der Waals surface area contributed by atoms with Crippen LogP contribution in [0.2, 0.25) is 0 Å². The van der Waals surface area contributed by atoms with Gasteiger partial charge in [-0.3, -0.25) is 14.4 Å². The van der Waals surface area contributed by atoms with Crippen molar-refractivity contribution >= 4 is 40.4 Å². The summed E-state index contributed by atoms with van der Waals surface area (Å²) in [5.41, 5.74) is 0.506. The fourth-order valence-corrected chi connectivity index (χ4v) is 1.98. The molecule has 0 spiro atoms. The predicted molar refractivity (Wildman–Crippen MR) is 81.1 cm³/mol. The molecule has 0 heterocycles. The average Bonchev–Trinajstić information content (AvgIpc) is 2.43. The molecule has 0 fully saturated rings. The van der Waals surface area contributed by atoms with Gasteiger partial charge in [-0.25, -0.2) is 0 Å². The minimum absolute atomic E-state index is 0.191. The van der Waals surface area contributed by atoms with Crippen molar-refractivity contribution in [2.45, 2.75) is 6.92 Å². The van der Waals surface area contributed by atoms with Gasteiger partial charge in [-0.05, 0) is 41.6 Å². The number of amides is 2. The molecular weight excluding hydrogens is 375 g/mol. The van der Waals surface area contributed by atoms with Gasteiger partial charge in [0, 0.05) is 3.57 Å². The van der Waals surface area contributed by atoms with E-state index >= 15 is 0 Å². The predicted octanol–water partition coefficient (Wildman–Crippen LogP) is 0.700. The van der Waals surface area contributed by atoms with Crippen LogP contribution in [0.25, 0.3) is 0 Å². The number of carbonyl (C=O) groups is 3. The Morgan fingerprint density at radius 2 is 1.85 bits per heavy atom. The van der Waals surface area contributed by atoms with Crippen molar-refractivity contribution in [3.63, 3.8) is 0 Å². The number of hydrogen-bond acceptors (Lipinski definition) is 4. The lowest BCUT2D eigenvalue weighted by Crippen LogP contribution is -2.39. The fourth-order valence-electron chi connectivity index (χ4n) is 1.35. The molecule has 0 aliphatic heterocycles. The van der Waals surface area contributed by atoms with E-state index in [4.69, 9.17) is 0 Å². The van der Waals surface area contributed by atoms with Gasteiger partial charge >= 0.3 is 5.97 Å². The molecule has 1 aromatic carbocycles. The quantitative estimate of drug-likeness (QED) is 0.554. The third-order valence-corrected chi connectivity index (χ3v) is 3.20. The van der Waals surface area contributed by atoms with Gasteiger partial charge in [0.2, 0.25) is 5.91 Å². The maximum Gasteiger partial charge on any atom is 0.325 e. The standard InChI is InChI=1S/C13H15IN2O4/c1-2-20-12(18)8-15-11(17)7-16-13(19)9-5-3-4-6-10(9)14/h3-6H,2,7-8H2,1H3,(H,15,17)(H,16,19). The highest BCUT2D eigenvalue weighted by Gasteiger charge is 2.11. The van der Waals surface area contributed by atoms with Crippen LogP contribution in [-0.4, -0.2) is 37.5 Å². The molecule has 2 N–H and O–H groups in total. The zero-order chi connectivity index (χ0) is 15.0. The topological polar surface area (TPSA) is 84.5 Å². The number of hydrogen-bond donors (Lipinski definition) is 2. The van der Waals surface area contributed by atoms with Gasteiger partial charge in [0.05, 0.1) is 18.7 Å². The van der Waals surface area contributed by atoms with Crippen molar-refractivity contribution in [3.8, 4) is 0 Å². The number of esters is 1. The lowest BCUT2D eigenvalue weighted by molar-refractivity contribution is -0.143. The van der Waals surface area contributed by atoms with Crippen molar-refractivity contribution in [1.82, 2.24) is 10.6 Å². The van der Waals surface area contributed by atoms with Crippen LogP contribution in [0.5, 0.6) is 0 Å². The highest BCUT2D eigenvalue weighted by molar-refractivity contribution is 14.1. The van der Waals surface area contributed by atoms with Crippen molar-refractivity contribution in [2.75, 3.05) is 19.7 Å². The third kappa shape index (κ3) is 5.55. The Balaban J connectivity index is 2.36. The van der Waals surface area contributed by atoms with Crippen molar-refractivity contribution in [2.24, 2.45) is 0 Å². The van der Waals surface area contributed by atoms with E-state index in [1.54, 1.807) is 25.1 Å². The third-order valence-electron chi connectivity index (χ3n) is 2.26. The van der Waals surface area contributed by atoms with Gasteiger partial charge in [-0.2, -0.15) is 0 Å². The maximum atomic E-state index is 11.8. The fraction of sp³-hybridized carbons (Fsp3) is 0.308. The van der Waals surface area contributed by atoms with Crippen molar-refractivity contribution < 1.29 is 19.1 Å². The Bertz CT molecular complexity index is 505. The Labute approximate surface area is 130 Å². The Morgan fingerprint density at radius 1 is 1.15 bits per heavy atom. The summed E-state index contributed by atoms with van der Waals surface area (Å²) in [6.07, 6.45) is 0. The second-order valence-corrected chi connectivity index (χ2v) is 4.91. The molecule has 0 aliphatic rings. The zero-order valence-corrected chi connectivity index (χ0v) is 13.1. The van der Waals surface area contributed by atoms with Crippen LogP contribution >= 0.6 is 22.6 Å². The van der Waals surface area contributed by atoms with Gasteiger partial charge in [-0.1, -0.05) is 12.1 Å². The van der Waals surface area contributed by atoms with Gasteiger partial charge < -0.3 is 15.4 Å². The Morgan fingerprint density at radius 3 is 2.50 bits per heavy atom. The van der Waals surface area contributed by atoms with Crippen molar-refractivity contribution in [1.29, 1.82) is 0 Å². The van der Waals surface area contributed by atoms with Crippen LogP contribution in [0.4, 0.5) is 0 Å². The smallest absolute Gasteiger partial charge is 0.325 e. The summed E-state index contributed by atoms with van der Waals surface area (Å²) in [5, 5.41) is 4.85. The second kappa shape index (κ2) is 8.51. The Kier molecular flexibility index (Phi) is 6.99. The van der Waals surface area contributed by atoms with E-state index in [-0.39, 0.29) is 25.6 Å². The molecule has 20 heavy (non-hydrogen) atoms. The van der Waals surface area contributed by atoms with Crippen LogP contribution < -0.4 is 10.6 Å².